The van der Waals surface area contributed by atoms with Gasteiger partial charge >= 0.3 is 0 Å². The fourth-order valence-electron chi connectivity index (χ4n) is 10.1. The predicted molar refractivity (Wildman–Crippen MR) is 213 cm³/mol. The molecule has 1 N–H and O–H groups in total. The van der Waals surface area contributed by atoms with Crippen molar-refractivity contribution >= 4 is 46.8 Å². The Morgan fingerprint density at radius 2 is 1.51 bits per heavy atom. The Balaban J connectivity index is 0.823. The van der Waals surface area contributed by atoms with Crippen LogP contribution in [0, 0.1) is 28.1 Å². The van der Waals surface area contributed by atoms with Crippen LogP contribution in [-0.2, 0) is 22.7 Å². The third kappa shape index (κ3) is 6.64. The molecule has 13 heteroatoms. The van der Waals surface area contributed by atoms with Crippen molar-refractivity contribution in [2.45, 2.75) is 84.7 Å². The first-order valence-electron chi connectivity index (χ1n) is 19.7. The van der Waals surface area contributed by atoms with Gasteiger partial charge in [-0.25, -0.2) is 0 Å². The summed E-state index contributed by atoms with van der Waals surface area (Å²) in [6, 6.07) is 17.5. The van der Waals surface area contributed by atoms with E-state index in [2.05, 4.69) is 48.9 Å². The van der Waals surface area contributed by atoms with Crippen LogP contribution in [0.1, 0.15) is 101 Å². The molecule has 57 heavy (non-hydrogen) atoms. The van der Waals surface area contributed by atoms with E-state index in [9.17, 15) is 29.2 Å². The monoisotopic (exact) mass is 790 g/mol. The van der Waals surface area contributed by atoms with Gasteiger partial charge in [-0.2, -0.15) is 5.26 Å². The summed E-state index contributed by atoms with van der Waals surface area (Å²) in [4.78, 5) is 72.0. The second kappa shape index (κ2) is 14.3. The summed E-state index contributed by atoms with van der Waals surface area (Å²) in [5.74, 6) is -0.776. The van der Waals surface area contributed by atoms with Crippen molar-refractivity contribution in [1.29, 1.82) is 5.26 Å². The SMILES string of the molecule is CN1C(=O)CCC(N2C(=O)c3cc4c(cc3C2=O)CN(CC2CCN(c3ccc(C(=O)NC5C(C)(C)C(Oc6ccc(C#N)c(Cl)c6)C5(C)C)cc3)CC2)C4)C1=O. The molecule has 0 radical (unpaired) electrons. The molecular formula is C44H47ClN6O6. The maximum Gasteiger partial charge on any atom is 0.262 e. The number of fused-ring (bicyclic) bond motifs is 2. The largest absolute Gasteiger partial charge is 0.489 e. The summed E-state index contributed by atoms with van der Waals surface area (Å²) in [5, 5.41) is 12.8. The van der Waals surface area contributed by atoms with E-state index in [0.717, 1.165) is 59.1 Å². The summed E-state index contributed by atoms with van der Waals surface area (Å²) >= 11 is 6.25. The molecule has 1 aliphatic carbocycles. The highest BCUT2D eigenvalue weighted by molar-refractivity contribution is 6.31. The Bertz CT molecular complexity index is 2180. The molecule has 3 aromatic rings. The minimum Gasteiger partial charge on any atom is -0.489 e. The van der Waals surface area contributed by atoms with Crippen molar-refractivity contribution in [1.82, 2.24) is 20.0 Å². The minimum absolute atomic E-state index is 0.118. The fourth-order valence-corrected chi connectivity index (χ4v) is 10.4. The molecule has 4 aliphatic heterocycles. The number of hydrogen-bond acceptors (Lipinski definition) is 9. The van der Waals surface area contributed by atoms with Crippen molar-refractivity contribution in [3.8, 4) is 11.8 Å². The topological polar surface area (TPSA) is 143 Å². The van der Waals surface area contributed by atoms with Gasteiger partial charge in [0.15, 0.2) is 0 Å². The number of imide groups is 2. The molecular weight excluding hydrogens is 744 g/mol. The Hall–Kier alpha value is -5.25. The van der Waals surface area contributed by atoms with E-state index in [4.69, 9.17) is 16.3 Å². The first kappa shape index (κ1) is 38.6. The number of carbonyl (C=O) groups is 5. The maximum atomic E-state index is 13.5. The first-order chi connectivity index (χ1) is 27.1. The number of ether oxygens (including phenoxy) is 1. The minimum atomic E-state index is -0.953. The van der Waals surface area contributed by atoms with Crippen LogP contribution in [0.4, 0.5) is 5.69 Å². The van der Waals surface area contributed by atoms with Gasteiger partial charge in [-0.15, -0.1) is 0 Å². The molecule has 0 spiro atoms. The summed E-state index contributed by atoms with van der Waals surface area (Å²) in [6.07, 6.45) is 2.12. The number of piperidine rings is 2. The molecule has 1 atom stereocenters. The van der Waals surface area contributed by atoms with Crippen molar-refractivity contribution in [2.24, 2.45) is 16.7 Å². The predicted octanol–water partition coefficient (Wildman–Crippen LogP) is 5.80. The Morgan fingerprint density at radius 1 is 0.895 bits per heavy atom. The highest BCUT2D eigenvalue weighted by Crippen LogP contribution is 2.55. The molecule has 2 saturated heterocycles. The zero-order valence-electron chi connectivity index (χ0n) is 32.9. The number of nitrogens with zero attached hydrogens (tertiary/aromatic N) is 5. The molecule has 12 nitrogen and oxygen atoms in total. The number of likely N-dealkylation sites (tertiary alicyclic amines) is 1. The number of benzene rings is 3. The van der Waals surface area contributed by atoms with Gasteiger partial charge < -0.3 is 15.0 Å². The molecule has 296 valence electrons. The van der Waals surface area contributed by atoms with E-state index in [-0.39, 0.29) is 47.6 Å². The van der Waals surface area contributed by atoms with E-state index >= 15 is 0 Å². The Morgan fingerprint density at radius 3 is 2.09 bits per heavy atom. The summed E-state index contributed by atoms with van der Waals surface area (Å²) in [5.41, 5.74) is 4.11. The van der Waals surface area contributed by atoms with E-state index in [0.29, 0.717) is 52.0 Å². The number of hydrogen-bond donors (Lipinski definition) is 1. The smallest absolute Gasteiger partial charge is 0.262 e. The van der Waals surface area contributed by atoms with Gasteiger partial charge in [0.2, 0.25) is 5.91 Å². The number of halogens is 1. The zero-order valence-corrected chi connectivity index (χ0v) is 33.7. The average Bonchev–Trinajstić information content (AvgIpc) is 3.69. The highest BCUT2D eigenvalue weighted by Gasteiger charge is 2.64. The lowest BCUT2D eigenvalue weighted by Crippen LogP contribution is -2.74. The second-order valence-electron chi connectivity index (χ2n) is 17.4. The number of nitriles is 1. The Labute approximate surface area is 337 Å². The Kier molecular flexibility index (Phi) is 9.68. The number of likely N-dealkylation sites (N-methyl/N-ethyl adjacent to an activating group) is 1. The molecule has 3 aromatic carbocycles. The van der Waals surface area contributed by atoms with Crippen molar-refractivity contribution in [2.75, 3.05) is 31.6 Å². The fraction of sp³-hybridized carbons (Fsp3) is 0.455. The third-order valence-electron chi connectivity index (χ3n) is 13.0. The van der Waals surface area contributed by atoms with Crippen molar-refractivity contribution in [3.05, 3.63) is 93.0 Å². The number of carbonyl (C=O) groups excluding carboxylic acids is 5. The highest BCUT2D eigenvalue weighted by atomic mass is 35.5. The first-order valence-corrected chi connectivity index (χ1v) is 20.0. The molecule has 0 aromatic heterocycles. The second-order valence-corrected chi connectivity index (χ2v) is 17.8. The van der Waals surface area contributed by atoms with Gasteiger partial charge in [0.05, 0.1) is 21.7 Å². The van der Waals surface area contributed by atoms with Crippen molar-refractivity contribution < 1.29 is 28.7 Å². The number of rotatable bonds is 8. The lowest BCUT2D eigenvalue weighted by molar-refractivity contribution is -0.164. The van der Waals surface area contributed by atoms with E-state index in [1.165, 1.54) is 7.05 Å². The van der Waals surface area contributed by atoms with Crippen LogP contribution in [0.25, 0.3) is 0 Å². The van der Waals surface area contributed by atoms with Gasteiger partial charge in [-0.05, 0) is 84.8 Å². The van der Waals surface area contributed by atoms with Crippen LogP contribution in [-0.4, -0.2) is 89.1 Å². The molecule has 0 bridgehead atoms. The van der Waals surface area contributed by atoms with Crippen LogP contribution in [0.15, 0.2) is 54.6 Å². The lowest BCUT2D eigenvalue weighted by atomic mass is 9.49. The van der Waals surface area contributed by atoms with Gasteiger partial charge in [0.1, 0.15) is 24.0 Å². The number of amides is 5. The van der Waals surface area contributed by atoms with Gasteiger partial charge in [0.25, 0.3) is 23.6 Å². The molecule has 5 aliphatic rings. The molecule has 4 heterocycles. The number of anilines is 1. The molecule has 8 rings (SSSR count). The molecule has 1 saturated carbocycles. The molecule has 5 amide bonds. The number of nitrogens with one attached hydrogen (secondary N) is 1. The zero-order chi connectivity index (χ0) is 40.6. The van der Waals surface area contributed by atoms with E-state index in [1.54, 1.807) is 18.2 Å². The van der Waals surface area contributed by atoms with Gasteiger partial charge in [-0.1, -0.05) is 39.3 Å². The van der Waals surface area contributed by atoms with Crippen molar-refractivity contribution in [3.63, 3.8) is 0 Å². The third-order valence-corrected chi connectivity index (χ3v) is 13.3. The summed E-state index contributed by atoms with van der Waals surface area (Å²) in [6.45, 7) is 12.5. The van der Waals surface area contributed by atoms with Gasteiger partial charge in [-0.3, -0.25) is 38.7 Å². The van der Waals surface area contributed by atoms with Gasteiger partial charge in [0, 0.05) is 80.4 Å². The quantitative estimate of drug-likeness (QED) is 0.280. The lowest BCUT2D eigenvalue weighted by Gasteiger charge is -2.63. The maximum absolute atomic E-state index is 13.5. The molecule has 1 unspecified atom stereocenters. The summed E-state index contributed by atoms with van der Waals surface area (Å²) < 4.78 is 6.38. The van der Waals surface area contributed by atoms with Crippen LogP contribution in [0.5, 0.6) is 5.75 Å². The average molecular weight is 791 g/mol. The molecule has 3 fully saturated rings. The van der Waals surface area contributed by atoms with Crippen LogP contribution < -0.4 is 15.0 Å². The van der Waals surface area contributed by atoms with Crippen LogP contribution in [0.3, 0.4) is 0 Å². The van der Waals surface area contributed by atoms with Crippen LogP contribution >= 0.6 is 11.6 Å². The standard InChI is InChI=1S/C44H47ClN6O6/c1-43(2)41(44(3,4)42(43)57-31-11-8-27(21-46)34(45)20-31)47-37(53)26-6-9-30(10-7-26)50-16-14-25(15-17-50)22-49-23-28-18-32-33(19-29(28)24-49)39(55)51(38(32)54)35-12-13-36(52)48(5)40(35)56/h6-11,18-20,25,35,41-42H,12-17,22-24H2,1-5H3,(H,47,53). The van der Waals surface area contributed by atoms with E-state index in [1.807, 2.05) is 36.4 Å². The van der Waals surface area contributed by atoms with Crippen LogP contribution in [0.2, 0.25) is 5.02 Å². The summed E-state index contributed by atoms with van der Waals surface area (Å²) in [7, 11) is 1.39. The van der Waals surface area contributed by atoms with E-state index < -0.39 is 23.8 Å². The normalized spacial score (nSPS) is 24.2.